The highest BCUT2D eigenvalue weighted by Gasteiger charge is 2.44. The number of benzene rings is 1. The molecule has 0 N–H and O–H groups in total. The third-order valence-corrected chi connectivity index (χ3v) is 10.0. The highest BCUT2D eigenvalue weighted by atomic mass is 28.4. The molecule has 2 unspecified atom stereocenters. The summed E-state index contributed by atoms with van der Waals surface area (Å²) in [7, 11) is -0.0626. The maximum atomic E-state index is 6.74. The monoisotopic (exact) mass is 350 g/mol. The van der Waals surface area contributed by atoms with Crippen LogP contribution in [0.25, 0.3) is 0 Å². The third kappa shape index (κ3) is 4.91. The summed E-state index contributed by atoms with van der Waals surface area (Å²) in [6.07, 6.45) is 3.52. The van der Waals surface area contributed by atoms with Crippen molar-refractivity contribution in [2.45, 2.75) is 83.1 Å². The zero-order chi connectivity index (χ0) is 17.8. The highest BCUT2D eigenvalue weighted by molar-refractivity contribution is 6.74. The third-order valence-electron chi connectivity index (χ3n) is 5.56. The van der Waals surface area contributed by atoms with Gasteiger partial charge in [0.1, 0.15) is 0 Å². The Balaban J connectivity index is 2.09. The van der Waals surface area contributed by atoms with Crippen molar-refractivity contribution in [2.75, 3.05) is 7.11 Å². The van der Waals surface area contributed by atoms with Gasteiger partial charge in [-0.25, -0.2) is 0 Å². The molecule has 1 aromatic rings. The van der Waals surface area contributed by atoms with Gasteiger partial charge < -0.3 is 13.9 Å². The summed E-state index contributed by atoms with van der Waals surface area (Å²) in [5, 5.41) is 0.187. The van der Waals surface area contributed by atoms with Crippen LogP contribution in [0.4, 0.5) is 0 Å². The lowest BCUT2D eigenvalue weighted by Crippen LogP contribution is -2.53. The smallest absolute Gasteiger partial charge is 0.192 e. The van der Waals surface area contributed by atoms with Crippen molar-refractivity contribution in [3.63, 3.8) is 0 Å². The number of rotatable bonds is 6. The van der Waals surface area contributed by atoms with E-state index in [1.807, 2.05) is 6.07 Å². The molecule has 0 aliphatic heterocycles. The summed E-state index contributed by atoms with van der Waals surface area (Å²) < 4.78 is 18.8. The predicted octanol–water partition coefficient (Wildman–Crippen LogP) is 5.16. The molecular formula is C20H34O3Si. The minimum Gasteiger partial charge on any atom is -0.409 e. The molecule has 1 aliphatic rings. The molecule has 1 aliphatic carbocycles. The van der Waals surface area contributed by atoms with Crippen LogP contribution >= 0.6 is 0 Å². The standard InChI is InChI=1S/C20H34O3Si/c1-20(2,3)24(5,6)23-19-17(21-4)13-10-14-18(19)22-15-16-11-8-7-9-12-16/h7-9,11-12,17-19H,10,13-15H2,1-6H3/t17-,18?,19?/m1/s1. The maximum absolute atomic E-state index is 6.74. The Hall–Kier alpha value is -0.683. The van der Waals surface area contributed by atoms with Gasteiger partial charge in [-0.05, 0) is 43.0 Å². The lowest BCUT2D eigenvalue weighted by atomic mass is 9.92. The van der Waals surface area contributed by atoms with Crippen LogP contribution in [0.15, 0.2) is 30.3 Å². The normalized spacial score (nSPS) is 25.7. The Bertz CT molecular complexity index is 495. The van der Waals surface area contributed by atoms with Crippen molar-refractivity contribution in [3.05, 3.63) is 35.9 Å². The van der Waals surface area contributed by atoms with Crippen LogP contribution in [0, 0.1) is 0 Å². The fraction of sp³-hybridized carbons (Fsp3) is 0.700. The molecule has 24 heavy (non-hydrogen) atoms. The fourth-order valence-corrected chi connectivity index (χ4v) is 4.30. The van der Waals surface area contributed by atoms with Crippen molar-refractivity contribution in [3.8, 4) is 0 Å². The summed E-state index contributed by atoms with van der Waals surface area (Å²) in [6.45, 7) is 12.1. The highest BCUT2D eigenvalue weighted by Crippen LogP contribution is 2.40. The van der Waals surface area contributed by atoms with Gasteiger partial charge >= 0.3 is 0 Å². The van der Waals surface area contributed by atoms with E-state index in [0.29, 0.717) is 6.61 Å². The van der Waals surface area contributed by atoms with Crippen LogP contribution in [0.1, 0.15) is 45.6 Å². The summed E-state index contributed by atoms with van der Waals surface area (Å²) in [5.41, 5.74) is 1.21. The zero-order valence-corrected chi connectivity index (χ0v) is 17.2. The van der Waals surface area contributed by atoms with Gasteiger partial charge in [0, 0.05) is 7.11 Å². The van der Waals surface area contributed by atoms with Crippen LogP contribution in [-0.2, 0) is 20.5 Å². The second-order valence-corrected chi connectivity index (χ2v) is 13.1. The van der Waals surface area contributed by atoms with Gasteiger partial charge in [0.15, 0.2) is 8.32 Å². The maximum Gasteiger partial charge on any atom is 0.192 e. The molecule has 0 heterocycles. The van der Waals surface area contributed by atoms with Crippen LogP contribution in [-0.4, -0.2) is 33.7 Å². The molecule has 0 spiro atoms. The molecule has 2 rings (SSSR count). The zero-order valence-electron chi connectivity index (χ0n) is 16.2. The van der Waals surface area contributed by atoms with Crippen LogP contribution in [0.3, 0.4) is 0 Å². The Kier molecular flexibility index (Phi) is 6.65. The first-order chi connectivity index (χ1) is 11.2. The SMILES string of the molecule is CO[C@@H]1CCCC(OCc2ccccc2)C1O[Si](C)(C)C(C)(C)C. The molecule has 1 aromatic carbocycles. The van der Waals surface area contributed by atoms with Gasteiger partial charge in [-0.15, -0.1) is 0 Å². The predicted molar refractivity (Wildman–Crippen MR) is 102 cm³/mol. The van der Waals surface area contributed by atoms with Gasteiger partial charge in [0.05, 0.1) is 24.9 Å². The molecular weight excluding hydrogens is 316 g/mol. The van der Waals surface area contributed by atoms with Gasteiger partial charge in [0.25, 0.3) is 0 Å². The summed E-state index contributed by atoms with van der Waals surface area (Å²) in [6, 6.07) is 10.4. The Morgan fingerprint density at radius 2 is 1.67 bits per heavy atom. The second-order valence-electron chi connectivity index (χ2n) is 8.38. The minimum atomic E-state index is -1.86. The van der Waals surface area contributed by atoms with E-state index in [1.54, 1.807) is 7.11 Å². The van der Waals surface area contributed by atoms with Crippen molar-refractivity contribution in [1.82, 2.24) is 0 Å². The van der Waals surface area contributed by atoms with E-state index >= 15 is 0 Å². The quantitative estimate of drug-likeness (QED) is 0.663. The fourth-order valence-electron chi connectivity index (χ4n) is 2.96. The Labute approximate surface area is 148 Å². The van der Waals surface area contributed by atoms with Gasteiger partial charge in [-0.2, -0.15) is 0 Å². The molecule has 0 radical (unpaired) electrons. The van der Waals surface area contributed by atoms with Crippen molar-refractivity contribution in [2.24, 2.45) is 0 Å². The van der Waals surface area contributed by atoms with E-state index in [9.17, 15) is 0 Å². The van der Waals surface area contributed by atoms with Crippen molar-refractivity contribution < 1.29 is 13.9 Å². The molecule has 0 aromatic heterocycles. The van der Waals surface area contributed by atoms with E-state index < -0.39 is 8.32 Å². The number of methoxy groups -OCH3 is 1. The van der Waals surface area contributed by atoms with E-state index in [2.05, 4.69) is 58.1 Å². The Morgan fingerprint density at radius 3 is 2.25 bits per heavy atom. The number of hydrogen-bond donors (Lipinski definition) is 0. The van der Waals surface area contributed by atoms with Gasteiger partial charge in [0.2, 0.25) is 0 Å². The van der Waals surface area contributed by atoms with E-state index in [4.69, 9.17) is 13.9 Å². The minimum absolute atomic E-state index is 0.0355. The first kappa shape index (κ1) is 19.6. The number of hydrogen-bond acceptors (Lipinski definition) is 3. The average molecular weight is 351 g/mol. The summed E-state index contributed by atoms with van der Waals surface area (Å²) in [4.78, 5) is 0. The van der Waals surface area contributed by atoms with E-state index in [0.717, 1.165) is 19.3 Å². The molecule has 0 saturated heterocycles. The van der Waals surface area contributed by atoms with Crippen LogP contribution in [0.5, 0.6) is 0 Å². The van der Waals surface area contributed by atoms with E-state index in [1.165, 1.54) is 5.56 Å². The first-order valence-corrected chi connectivity index (χ1v) is 12.0. The summed E-state index contributed by atoms with van der Waals surface area (Å²) in [5.74, 6) is 0. The molecule has 1 fully saturated rings. The van der Waals surface area contributed by atoms with Crippen molar-refractivity contribution in [1.29, 1.82) is 0 Å². The molecule has 3 atom stereocenters. The Morgan fingerprint density at radius 1 is 1.04 bits per heavy atom. The molecule has 0 amide bonds. The lowest BCUT2D eigenvalue weighted by molar-refractivity contribution is -0.122. The van der Waals surface area contributed by atoms with Gasteiger partial charge in [-0.1, -0.05) is 51.1 Å². The number of ether oxygens (including phenoxy) is 2. The largest absolute Gasteiger partial charge is 0.409 e. The van der Waals surface area contributed by atoms with Gasteiger partial charge in [-0.3, -0.25) is 0 Å². The molecule has 136 valence electrons. The average Bonchev–Trinajstić information content (AvgIpc) is 2.53. The van der Waals surface area contributed by atoms with Crippen molar-refractivity contribution >= 4 is 8.32 Å². The first-order valence-electron chi connectivity index (χ1n) is 9.11. The lowest BCUT2D eigenvalue weighted by Gasteiger charge is -2.45. The van der Waals surface area contributed by atoms with E-state index in [-0.39, 0.29) is 23.4 Å². The van der Waals surface area contributed by atoms with Crippen LogP contribution in [0.2, 0.25) is 18.1 Å². The second kappa shape index (κ2) is 8.13. The molecule has 3 nitrogen and oxygen atoms in total. The molecule has 1 saturated carbocycles. The van der Waals surface area contributed by atoms with Crippen LogP contribution < -0.4 is 0 Å². The topological polar surface area (TPSA) is 27.7 Å². The molecule has 4 heteroatoms. The summed E-state index contributed by atoms with van der Waals surface area (Å²) >= 11 is 0. The molecule has 0 bridgehead atoms.